The number of hydrogen-bond acceptors (Lipinski definition) is 5. The largest absolute Gasteiger partial charge is 0.339 e. The van der Waals surface area contributed by atoms with E-state index >= 15 is 0 Å². The summed E-state index contributed by atoms with van der Waals surface area (Å²) in [5, 5.41) is 6.01. The van der Waals surface area contributed by atoms with Crippen LogP contribution < -0.4 is 10.9 Å². The lowest BCUT2D eigenvalue weighted by Crippen LogP contribution is -2.42. The molecule has 0 radical (unpaired) electrons. The number of hydrogen-bond donors (Lipinski definition) is 2. The molecular weight excluding hydrogens is 356 g/mol. The number of amides is 2. The predicted molar refractivity (Wildman–Crippen MR) is 105 cm³/mol. The van der Waals surface area contributed by atoms with E-state index in [2.05, 4.69) is 21.0 Å². The molecule has 3 aromatic rings. The molecule has 28 heavy (non-hydrogen) atoms. The zero-order valence-electron chi connectivity index (χ0n) is 16.1. The molecule has 2 amide bonds. The van der Waals surface area contributed by atoms with Gasteiger partial charge in [-0.3, -0.25) is 20.4 Å². The average molecular weight is 380 g/mol. The monoisotopic (exact) mass is 380 g/mol. The summed E-state index contributed by atoms with van der Waals surface area (Å²) < 4.78 is 5.14. The Morgan fingerprint density at radius 3 is 2.57 bits per heavy atom. The van der Waals surface area contributed by atoms with E-state index in [1.165, 1.54) is 0 Å². The van der Waals surface area contributed by atoms with Gasteiger partial charge in [0.15, 0.2) is 5.82 Å². The standard InChI is InChI=1S/C21H24N4O3/c1-14(2)21-22-20(28-25-21)12-6-11-18(26)23-24-19(27)13-16-9-5-8-15-7-3-4-10-17(15)16/h3-5,7-10,14H,6,11-13H2,1-2H3,(H,23,26)(H,24,27). The van der Waals surface area contributed by atoms with Gasteiger partial charge >= 0.3 is 0 Å². The summed E-state index contributed by atoms with van der Waals surface area (Å²) in [5.74, 6) is 0.882. The number of benzene rings is 2. The zero-order valence-corrected chi connectivity index (χ0v) is 16.1. The lowest BCUT2D eigenvalue weighted by Gasteiger charge is -2.09. The van der Waals surface area contributed by atoms with Crippen LogP contribution in [0.1, 0.15) is 49.9 Å². The van der Waals surface area contributed by atoms with Crippen molar-refractivity contribution in [3.63, 3.8) is 0 Å². The third-order valence-electron chi connectivity index (χ3n) is 4.37. The number of fused-ring (bicyclic) bond motifs is 1. The summed E-state index contributed by atoms with van der Waals surface area (Å²) in [6.07, 6.45) is 1.54. The number of carbonyl (C=O) groups is 2. The van der Waals surface area contributed by atoms with Gasteiger partial charge in [0.05, 0.1) is 6.42 Å². The second-order valence-corrected chi connectivity index (χ2v) is 6.97. The molecule has 1 heterocycles. The molecule has 0 saturated heterocycles. The van der Waals surface area contributed by atoms with E-state index in [9.17, 15) is 9.59 Å². The molecule has 2 aromatic carbocycles. The van der Waals surface area contributed by atoms with E-state index in [-0.39, 0.29) is 30.6 Å². The maximum Gasteiger partial charge on any atom is 0.242 e. The van der Waals surface area contributed by atoms with E-state index in [0.29, 0.717) is 24.6 Å². The van der Waals surface area contributed by atoms with Crippen LogP contribution in [0.15, 0.2) is 47.0 Å². The lowest BCUT2D eigenvalue weighted by atomic mass is 10.0. The number of nitrogens with zero attached hydrogens (tertiary/aromatic N) is 2. The highest BCUT2D eigenvalue weighted by Gasteiger charge is 2.11. The van der Waals surface area contributed by atoms with E-state index in [4.69, 9.17) is 4.52 Å². The van der Waals surface area contributed by atoms with E-state index in [0.717, 1.165) is 16.3 Å². The molecule has 0 fully saturated rings. The molecule has 0 unspecified atom stereocenters. The first-order valence-electron chi connectivity index (χ1n) is 9.39. The number of hydrazine groups is 1. The Morgan fingerprint density at radius 2 is 1.79 bits per heavy atom. The molecule has 7 heteroatoms. The van der Waals surface area contributed by atoms with Crippen molar-refractivity contribution in [2.45, 2.75) is 45.4 Å². The molecule has 0 bridgehead atoms. The SMILES string of the molecule is CC(C)c1noc(CCCC(=O)NNC(=O)Cc2cccc3ccccc23)n1. The first kappa shape index (κ1) is 19.5. The van der Waals surface area contributed by atoms with Gasteiger partial charge in [-0.15, -0.1) is 0 Å². The maximum absolute atomic E-state index is 12.2. The second kappa shape index (κ2) is 9.12. The predicted octanol–water partition coefficient (Wildman–Crippen LogP) is 3.06. The van der Waals surface area contributed by atoms with Gasteiger partial charge in [-0.25, -0.2) is 0 Å². The fourth-order valence-corrected chi connectivity index (χ4v) is 2.87. The minimum absolute atomic E-state index is 0.196. The van der Waals surface area contributed by atoms with Crippen molar-refractivity contribution < 1.29 is 14.1 Å². The maximum atomic E-state index is 12.2. The number of aryl methyl sites for hydroxylation is 1. The summed E-state index contributed by atoms with van der Waals surface area (Å²) in [6, 6.07) is 13.7. The Labute approximate surface area is 163 Å². The zero-order chi connectivity index (χ0) is 19.9. The number of carbonyl (C=O) groups excluding carboxylic acids is 2. The van der Waals surface area contributed by atoms with Gasteiger partial charge in [0, 0.05) is 18.8 Å². The smallest absolute Gasteiger partial charge is 0.242 e. The van der Waals surface area contributed by atoms with E-state index in [1.54, 1.807) is 0 Å². The molecular formula is C21H24N4O3. The lowest BCUT2D eigenvalue weighted by molar-refractivity contribution is -0.128. The summed E-state index contributed by atoms with van der Waals surface area (Å²) >= 11 is 0. The van der Waals surface area contributed by atoms with Crippen LogP contribution in [0.25, 0.3) is 10.8 Å². The van der Waals surface area contributed by atoms with Crippen LogP contribution in [0, 0.1) is 0 Å². The van der Waals surface area contributed by atoms with Crippen LogP contribution in [0.3, 0.4) is 0 Å². The van der Waals surface area contributed by atoms with Crippen LogP contribution in [-0.2, 0) is 22.4 Å². The normalized spacial score (nSPS) is 11.0. The molecule has 0 aliphatic rings. The van der Waals surface area contributed by atoms with Crippen molar-refractivity contribution in [3.05, 3.63) is 59.7 Å². The Bertz CT molecular complexity index is 960. The minimum atomic E-state index is -0.261. The fraction of sp³-hybridized carbons (Fsp3) is 0.333. The van der Waals surface area contributed by atoms with Gasteiger partial charge in [0.1, 0.15) is 0 Å². The summed E-state index contributed by atoms with van der Waals surface area (Å²) in [4.78, 5) is 28.4. The van der Waals surface area contributed by atoms with Crippen LogP contribution in [0.4, 0.5) is 0 Å². The molecule has 146 valence electrons. The van der Waals surface area contributed by atoms with Gasteiger partial charge in [-0.1, -0.05) is 61.5 Å². The highest BCUT2D eigenvalue weighted by Crippen LogP contribution is 2.18. The van der Waals surface area contributed by atoms with Gasteiger partial charge in [-0.2, -0.15) is 4.98 Å². The Balaban J connectivity index is 1.42. The van der Waals surface area contributed by atoms with Gasteiger partial charge in [-0.05, 0) is 22.8 Å². The van der Waals surface area contributed by atoms with Gasteiger partial charge < -0.3 is 4.52 Å². The second-order valence-electron chi connectivity index (χ2n) is 6.97. The molecule has 2 N–H and O–H groups in total. The van der Waals surface area contributed by atoms with Crippen LogP contribution in [0.2, 0.25) is 0 Å². The van der Waals surface area contributed by atoms with E-state index in [1.807, 2.05) is 56.3 Å². The number of nitrogens with one attached hydrogen (secondary N) is 2. The molecule has 0 saturated carbocycles. The van der Waals surface area contributed by atoms with Crippen molar-refractivity contribution in [3.8, 4) is 0 Å². The third kappa shape index (κ3) is 5.16. The Hall–Kier alpha value is -3.22. The van der Waals surface area contributed by atoms with Gasteiger partial charge in [0.25, 0.3) is 0 Å². The Morgan fingerprint density at radius 1 is 1.04 bits per heavy atom. The highest BCUT2D eigenvalue weighted by atomic mass is 16.5. The van der Waals surface area contributed by atoms with Crippen molar-refractivity contribution in [1.29, 1.82) is 0 Å². The molecule has 7 nitrogen and oxygen atoms in total. The van der Waals surface area contributed by atoms with Crippen molar-refractivity contribution >= 4 is 22.6 Å². The number of aromatic nitrogens is 2. The molecule has 0 aliphatic carbocycles. The summed E-state index contributed by atoms with van der Waals surface area (Å²) in [7, 11) is 0. The first-order valence-corrected chi connectivity index (χ1v) is 9.39. The molecule has 0 spiro atoms. The van der Waals surface area contributed by atoms with Crippen molar-refractivity contribution in [2.24, 2.45) is 0 Å². The summed E-state index contributed by atoms with van der Waals surface area (Å²) in [5.41, 5.74) is 5.85. The molecule has 1 aromatic heterocycles. The summed E-state index contributed by atoms with van der Waals surface area (Å²) in [6.45, 7) is 3.98. The van der Waals surface area contributed by atoms with Gasteiger partial charge in [0.2, 0.25) is 17.7 Å². The van der Waals surface area contributed by atoms with Crippen molar-refractivity contribution in [1.82, 2.24) is 21.0 Å². The van der Waals surface area contributed by atoms with Crippen LogP contribution in [-0.4, -0.2) is 22.0 Å². The quantitative estimate of drug-likeness (QED) is 0.614. The topological polar surface area (TPSA) is 97.1 Å². The highest BCUT2D eigenvalue weighted by molar-refractivity contribution is 5.90. The molecule has 0 atom stereocenters. The average Bonchev–Trinajstić information content (AvgIpc) is 3.16. The third-order valence-corrected chi connectivity index (χ3v) is 4.37. The van der Waals surface area contributed by atoms with E-state index < -0.39 is 0 Å². The fourth-order valence-electron chi connectivity index (χ4n) is 2.87. The van der Waals surface area contributed by atoms with Crippen LogP contribution >= 0.6 is 0 Å². The van der Waals surface area contributed by atoms with Crippen LogP contribution in [0.5, 0.6) is 0 Å². The number of rotatable bonds is 7. The molecule has 0 aliphatic heterocycles. The first-order chi connectivity index (χ1) is 13.5. The minimum Gasteiger partial charge on any atom is -0.339 e. The molecule has 3 rings (SSSR count). The Kier molecular flexibility index (Phi) is 6.37. The van der Waals surface area contributed by atoms with Crippen molar-refractivity contribution in [2.75, 3.05) is 0 Å².